The van der Waals surface area contributed by atoms with E-state index in [0.29, 0.717) is 19.1 Å². The second kappa shape index (κ2) is 11.1. The zero-order chi connectivity index (χ0) is 22.1. The first kappa shape index (κ1) is 23.8. The number of rotatable bonds is 8. The number of amides is 1. The van der Waals surface area contributed by atoms with Crippen molar-refractivity contribution in [1.29, 1.82) is 0 Å². The van der Waals surface area contributed by atoms with Gasteiger partial charge < -0.3 is 25.4 Å². The quantitative estimate of drug-likeness (QED) is 0.337. The van der Waals surface area contributed by atoms with Gasteiger partial charge in [0.2, 0.25) is 5.91 Å². The van der Waals surface area contributed by atoms with E-state index >= 15 is 0 Å². The summed E-state index contributed by atoms with van der Waals surface area (Å²) in [4.78, 5) is 18.6. The van der Waals surface area contributed by atoms with Gasteiger partial charge in [-0.25, -0.2) is 0 Å². The van der Waals surface area contributed by atoms with Crippen molar-refractivity contribution in [2.24, 2.45) is 10.4 Å². The predicted octanol–water partition coefficient (Wildman–Crippen LogP) is 1.61. The average molecular weight is 420 g/mol. The highest BCUT2D eigenvalue weighted by Gasteiger charge is 2.24. The summed E-state index contributed by atoms with van der Waals surface area (Å²) in [7, 11) is 5.10. The van der Waals surface area contributed by atoms with Crippen LogP contribution in [0.1, 0.15) is 32.8 Å². The topological polar surface area (TPSA) is 87.2 Å². The highest BCUT2D eigenvalue weighted by atomic mass is 16.5. The molecule has 1 atom stereocenters. The summed E-state index contributed by atoms with van der Waals surface area (Å²) in [6, 6.07) is 6.32. The van der Waals surface area contributed by atoms with Gasteiger partial charge in [-0.2, -0.15) is 0 Å². The molecule has 0 saturated carbocycles. The lowest BCUT2D eigenvalue weighted by Crippen LogP contribution is -2.47. The molecule has 1 heterocycles. The Hall–Kier alpha value is -2.48. The molecule has 1 unspecified atom stereocenters. The van der Waals surface area contributed by atoms with Crippen molar-refractivity contribution in [2.45, 2.75) is 39.8 Å². The normalized spacial score (nSPS) is 17.5. The molecule has 2 rings (SSSR count). The van der Waals surface area contributed by atoms with Gasteiger partial charge >= 0.3 is 0 Å². The summed E-state index contributed by atoms with van der Waals surface area (Å²) in [5, 5.41) is 9.69. The highest BCUT2D eigenvalue weighted by Crippen LogP contribution is 2.24. The lowest BCUT2D eigenvalue weighted by molar-refractivity contribution is -0.128. The smallest absolute Gasteiger partial charge is 0.225 e. The van der Waals surface area contributed by atoms with Gasteiger partial charge in [-0.15, -0.1) is 0 Å². The Balaban J connectivity index is 1.77. The number of hydrogen-bond acceptors (Lipinski definition) is 5. The minimum absolute atomic E-state index is 0.0489. The minimum Gasteiger partial charge on any atom is -0.497 e. The van der Waals surface area contributed by atoms with Gasteiger partial charge in [0, 0.05) is 57.3 Å². The summed E-state index contributed by atoms with van der Waals surface area (Å²) >= 11 is 0. The van der Waals surface area contributed by atoms with Crippen molar-refractivity contribution in [3.8, 4) is 11.5 Å². The zero-order valence-corrected chi connectivity index (χ0v) is 19.2. The monoisotopic (exact) mass is 419 g/mol. The molecule has 0 radical (unpaired) electrons. The van der Waals surface area contributed by atoms with E-state index in [1.807, 2.05) is 26.8 Å². The molecular formula is C22H37N5O3. The van der Waals surface area contributed by atoms with Crippen molar-refractivity contribution >= 4 is 11.9 Å². The Morgan fingerprint density at radius 2 is 1.77 bits per heavy atom. The molecule has 1 aromatic carbocycles. The highest BCUT2D eigenvalue weighted by molar-refractivity contribution is 5.82. The number of guanidine groups is 1. The largest absolute Gasteiger partial charge is 0.497 e. The fourth-order valence-corrected chi connectivity index (χ4v) is 3.32. The number of hydrogen-bond donors (Lipinski definition) is 3. The van der Waals surface area contributed by atoms with E-state index in [0.717, 1.165) is 43.5 Å². The Bertz CT molecular complexity index is 708. The molecule has 1 aliphatic heterocycles. The summed E-state index contributed by atoms with van der Waals surface area (Å²) in [6.07, 6.45) is 1.04. The number of benzene rings is 1. The SMILES string of the molecule is CN=C(NCCNC(=O)C(C)(C)C)NC1CCN(Cc2cc(OC)cc(OC)c2)C1. The number of nitrogens with zero attached hydrogens (tertiary/aromatic N) is 2. The molecule has 0 bridgehead atoms. The molecule has 1 aliphatic rings. The Morgan fingerprint density at radius 3 is 2.33 bits per heavy atom. The summed E-state index contributed by atoms with van der Waals surface area (Å²) < 4.78 is 10.7. The zero-order valence-electron chi connectivity index (χ0n) is 19.2. The van der Waals surface area contributed by atoms with Gasteiger partial charge in [0.05, 0.1) is 14.2 Å². The van der Waals surface area contributed by atoms with Crippen molar-refractivity contribution < 1.29 is 14.3 Å². The molecule has 1 fully saturated rings. The number of aliphatic imine (C=N–C) groups is 1. The van der Waals surface area contributed by atoms with Crippen LogP contribution < -0.4 is 25.4 Å². The summed E-state index contributed by atoms with van der Waals surface area (Å²) in [6.45, 7) is 9.69. The van der Waals surface area contributed by atoms with Gasteiger partial charge in [0.1, 0.15) is 11.5 Å². The van der Waals surface area contributed by atoms with Crippen molar-refractivity contribution in [2.75, 3.05) is 47.4 Å². The molecule has 168 valence electrons. The Labute approximate surface area is 180 Å². The van der Waals surface area contributed by atoms with E-state index in [4.69, 9.17) is 9.47 Å². The van der Waals surface area contributed by atoms with Gasteiger partial charge in [-0.1, -0.05) is 20.8 Å². The Kier molecular flexibility index (Phi) is 8.77. The number of methoxy groups -OCH3 is 2. The predicted molar refractivity (Wildman–Crippen MR) is 120 cm³/mol. The fraction of sp³-hybridized carbons (Fsp3) is 0.636. The summed E-state index contributed by atoms with van der Waals surface area (Å²) in [5.41, 5.74) is 0.795. The molecule has 8 heteroatoms. The standard InChI is InChI=1S/C22H37N5O3/c1-22(2,3)20(28)24-8-9-25-21(23-4)26-17-7-10-27(15-17)14-16-11-18(29-5)13-19(12-16)30-6/h11-13,17H,7-10,14-15H2,1-6H3,(H,24,28)(H2,23,25,26). The van der Waals surface area contributed by atoms with Crippen LogP contribution in [0.3, 0.4) is 0 Å². The van der Waals surface area contributed by atoms with E-state index in [1.165, 1.54) is 5.56 Å². The van der Waals surface area contributed by atoms with Crippen LogP contribution in [0.2, 0.25) is 0 Å². The van der Waals surface area contributed by atoms with Crippen LogP contribution in [0.15, 0.2) is 23.2 Å². The number of ether oxygens (including phenoxy) is 2. The molecule has 1 saturated heterocycles. The van der Waals surface area contributed by atoms with E-state index < -0.39 is 0 Å². The molecule has 30 heavy (non-hydrogen) atoms. The maximum absolute atomic E-state index is 11.9. The second-order valence-electron chi connectivity index (χ2n) is 8.59. The number of carbonyl (C=O) groups excluding carboxylic acids is 1. The van der Waals surface area contributed by atoms with Crippen molar-refractivity contribution in [3.63, 3.8) is 0 Å². The van der Waals surface area contributed by atoms with Crippen LogP contribution in [0, 0.1) is 5.41 Å². The summed E-state index contributed by atoms with van der Waals surface area (Å²) in [5.74, 6) is 2.42. The van der Waals surface area contributed by atoms with Crippen LogP contribution in [-0.4, -0.2) is 70.3 Å². The third-order valence-electron chi connectivity index (χ3n) is 5.04. The minimum atomic E-state index is -0.375. The third-order valence-corrected chi connectivity index (χ3v) is 5.04. The third kappa shape index (κ3) is 7.40. The molecule has 0 aliphatic carbocycles. The van der Waals surface area contributed by atoms with Gasteiger partial charge in [-0.3, -0.25) is 14.7 Å². The molecule has 0 aromatic heterocycles. The molecule has 0 spiro atoms. The lowest BCUT2D eigenvalue weighted by Gasteiger charge is -2.20. The fourth-order valence-electron chi connectivity index (χ4n) is 3.32. The maximum Gasteiger partial charge on any atom is 0.225 e. The molecule has 3 N–H and O–H groups in total. The maximum atomic E-state index is 11.9. The van der Waals surface area contributed by atoms with E-state index in [9.17, 15) is 4.79 Å². The molecular weight excluding hydrogens is 382 g/mol. The number of likely N-dealkylation sites (tertiary alicyclic amines) is 1. The van der Waals surface area contributed by atoms with Gasteiger partial charge in [-0.05, 0) is 24.1 Å². The van der Waals surface area contributed by atoms with Crippen LogP contribution in [0.4, 0.5) is 0 Å². The molecule has 1 aromatic rings. The van der Waals surface area contributed by atoms with Gasteiger partial charge in [0.15, 0.2) is 5.96 Å². The van der Waals surface area contributed by atoms with Gasteiger partial charge in [0.25, 0.3) is 0 Å². The van der Waals surface area contributed by atoms with Crippen molar-refractivity contribution in [1.82, 2.24) is 20.9 Å². The van der Waals surface area contributed by atoms with Crippen LogP contribution in [0.25, 0.3) is 0 Å². The molecule has 8 nitrogen and oxygen atoms in total. The molecule has 1 amide bonds. The first-order valence-corrected chi connectivity index (χ1v) is 10.4. The second-order valence-corrected chi connectivity index (χ2v) is 8.59. The number of nitrogens with one attached hydrogen (secondary N) is 3. The lowest BCUT2D eigenvalue weighted by atomic mass is 9.96. The Morgan fingerprint density at radius 1 is 1.13 bits per heavy atom. The van der Waals surface area contributed by atoms with Crippen molar-refractivity contribution in [3.05, 3.63) is 23.8 Å². The van der Waals surface area contributed by atoms with Crippen LogP contribution in [-0.2, 0) is 11.3 Å². The first-order valence-electron chi connectivity index (χ1n) is 10.4. The van der Waals surface area contributed by atoms with Crippen LogP contribution >= 0.6 is 0 Å². The van der Waals surface area contributed by atoms with E-state index in [-0.39, 0.29) is 11.3 Å². The van der Waals surface area contributed by atoms with E-state index in [2.05, 4.69) is 38.0 Å². The first-order chi connectivity index (χ1) is 14.2. The number of carbonyl (C=O) groups is 1. The average Bonchev–Trinajstić information content (AvgIpc) is 3.15. The van der Waals surface area contributed by atoms with Crippen LogP contribution in [0.5, 0.6) is 11.5 Å². The van der Waals surface area contributed by atoms with E-state index in [1.54, 1.807) is 21.3 Å².